The van der Waals surface area contributed by atoms with Crippen LogP contribution in [0.4, 0.5) is 10.5 Å². The number of nitrogens with zero attached hydrogens (tertiary/aromatic N) is 2. The molecule has 0 aliphatic heterocycles. The molecule has 0 saturated heterocycles. The third-order valence-electron chi connectivity index (χ3n) is 2.38. The number of anilines is 1. The smallest absolute Gasteiger partial charge is 0.307 e. The molecule has 1 heterocycles. The molecule has 0 fully saturated rings. The molecule has 2 rings (SSSR count). The predicted molar refractivity (Wildman–Crippen MR) is 62.5 cm³/mol. The number of hydrogen-bond acceptors (Lipinski definition) is 2. The van der Waals surface area contributed by atoms with E-state index in [-0.39, 0.29) is 6.03 Å². The van der Waals surface area contributed by atoms with Crippen LogP contribution in [0.2, 0.25) is 0 Å². The lowest BCUT2D eigenvalue weighted by molar-refractivity contribution is 0.253. The van der Waals surface area contributed by atoms with Gasteiger partial charge < -0.3 is 5.32 Å². The standard InChI is InChI=1S/C12H13N3O/c1-2-10-5-3-4-6-11(10)14-12(16)15-8-7-13-9-15/h3-9H,2H2,1H3,(H,14,16). The highest BCUT2D eigenvalue weighted by atomic mass is 16.2. The molecule has 1 N–H and O–H groups in total. The summed E-state index contributed by atoms with van der Waals surface area (Å²) in [5.74, 6) is 0. The number of carbonyl (C=O) groups is 1. The monoisotopic (exact) mass is 215 g/mol. The average molecular weight is 215 g/mol. The van der Waals surface area contributed by atoms with Crippen LogP contribution in [0, 0.1) is 0 Å². The molecule has 4 heteroatoms. The van der Waals surface area contributed by atoms with Crippen molar-refractivity contribution in [3.63, 3.8) is 0 Å². The van der Waals surface area contributed by atoms with E-state index >= 15 is 0 Å². The van der Waals surface area contributed by atoms with Gasteiger partial charge in [-0.1, -0.05) is 25.1 Å². The number of amides is 1. The highest BCUT2D eigenvalue weighted by Crippen LogP contribution is 2.15. The van der Waals surface area contributed by atoms with Crippen LogP contribution in [0.15, 0.2) is 43.0 Å². The Labute approximate surface area is 93.9 Å². The fourth-order valence-electron chi connectivity index (χ4n) is 1.51. The van der Waals surface area contributed by atoms with Crippen LogP contribution >= 0.6 is 0 Å². The van der Waals surface area contributed by atoms with Crippen LogP contribution in [-0.4, -0.2) is 15.6 Å². The Morgan fingerprint density at radius 1 is 1.44 bits per heavy atom. The van der Waals surface area contributed by atoms with Crippen molar-refractivity contribution >= 4 is 11.7 Å². The second-order valence-corrected chi connectivity index (χ2v) is 3.41. The summed E-state index contributed by atoms with van der Waals surface area (Å²) in [7, 11) is 0. The van der Waals surface area contributed by atoms with E-state index in [1.54, 1.807) is 12.4 Å². The van der Waals surface area contributed by atoms with Crippen molar-refractivity contribution in [2.75, 3.05) is 5.32 Å². The minimum absolute atomic E-state index is 0.196. The van der Waals surface area contributed by atoms with Crippen molar-refractivity contribution in [1.82, 2.24) is 9.55 Å². The summed E-state index contributed by atoms with van der Waals surface area (Å²) in [5, 5.41) is 2.85. The molecule has 0 aliphatic carbocycles. The maximum absolute atomic E-state index is 11.8. The first-order valence-corrected chi connectivity index (χ1v) is 5.18. The highest BCUT2D eigenvalue weighted by molar-refractivity contribution is 5.91. The molecular formula is C12H13N3O. The fraction of sp³-hybridized carbons (Fsp3) is 0.167. The first-order valence-electron chi connectivity index (χ1n) is 5.18. The summed E-state index contributed by atoms with van der Waals surface area (Å²) < 4.78 is 1.41. The summed E-state index contributed by atoms with van der Waals surface area (Å²) in [5.41, 5.74) is 1.97. The van der Waals surface area contributed by atoms with Crippen LogP contribution in [0.25, 0.3) is 0 Å². The van der Waals surface area contributed by atoms with Gasteiger partial charge in [0, 0.05) is 18.1 Å². The zero-order chi connectivity index (χ0) is 11.4. The van der Waals surface area contributed by atoms with Crippen LogP contribution < -0.4 is 5.32 Å². The number of hydrogen-bond donors (Lipinski definition) is 1. The summed E-state index contributed by atoms with van der Waals surface area (Å²) in [6.45, 7) is 2.06. The first-order chi connectivity index (χ1) is 7.81. The maximum atomic E-state index is 11.8. The molecule has 82 valence electrons. The van der Waals surface area contributed by atoms with Gasteiger partial charge in [0.05, 0.1) is 0 Å². The summed E-state index contributed by atoms with van der Waals surface area (Å²) in [6, 6.07) is 7.57. The molecule has 0 bridgehead atoms. The number of rotatable bonds is 2. The van der Waals surface area contributed by atoms with E-state index in [2.05, 4.69) is 17.2 Å². The third kappa shape index (κ3) is 2.11. The number of carbonyl (C=O) groups excluding carboxylic acids is 1. The van der Waals surface area contributed by atoms with E-state index in [9.17, 15) is 4.79 Å². The number of aromatic nitrogens is 2. The zero-order valence-corrected chi connectivity index (χ0v) is 9.05. The van der Waals surface area contributed by atoms with Gasteiger partial charge >= 0.3 is 6.03 Å². The largest absolute Gasteiger partial charge is 0.331 e. The molecule has 0 saturated carbocycles. The molecule has 2 aromatic rings. The van der Waals surface area contributed by atoms with Gasteiger partial charge in [-0.2, -0.15) is 0 Å². The lowest BCUT2D eigenvalue weighted by Crippen LogP contribution is -2.18. The number of para-hydroxylation sites is 1. The Balaban J connectivity index is 2.18. The minimum Gasteiger partial charge on any atom is -0.307 e. The maximum Gasteiger partial charge on any atom is 0.331 e. The minimum atomic E-state index is -0.196. The highest BCUT2D eigenvalue weighted by Gasteiger charge is 2.06. The van der Waals surface area contributed by atoms with Crippen LogP contribution in [0.5, 0.6) is 0 Å². The molecular weight excluding hydrogens is 202 g/mol. The molecule has 4 nitrogen and oxygen atoms in total. The average Bonchev–Trinajstić information content (AvgIpc) is 2.83. The number of benzene rings is 1. The first kappa shape index (κ1) is 10.4. The van der Waals surface area contributed by atoms with Crippen LogP contribution in [-0.2, 0) is 6.42 Å². The van der Waals surface area contributed by atoms with Gasteiger partial charge in [-0.3, -0.25) is 4.57 Å². The van der Waals surface area contributed by atoms with Crippen molar-refractivity contribution in [1.29, 1.82) is 0 Å². The van der Waals surface area contributed by atoms with E-state index in [1.807, 2.05) is 24.3 Å². The van der Waals surface area contributed by atoms with Crippen molar-refractivity contribution in [2.45, 2.75) is 13.3 Å². The van der Waals surface area contributed by atoms with E-state index in [0.717, 1.165) is 17.7 Å². The zero-order valence-electron chi connectivity index (χ0n) is 9.05. The van der Waals surface area contributed by atoms with E-state index in [4.69, 9.17) is 0 Å². The van der Waals surface area contributed by atoms with Gasteiger partial charge in [0.25, 0.3) is 0 Å². The Bertz CT molecular complexity index is 477. The molecule has 1 aromatic heterocycles. The quantitative estimate of drug-likeness (QED) is 0.836. The molecule has 0 aliphatic rings. The summed E-state index contributed by atoms with van der Waals surface area (Å²) >= 11 is 0. The van der Waals surface area contributed by atoms with Gasteiger partial charge in [0.1, 0.15) is 6.33 Å². The van der Waals surface area contributed by atoms with Gasteiger partial charge in [0.15, 0.2) is 0 Å². The Hall–Kier alpha value is -2.10. The number of nitrogens with one attached hydrogen (secondary N) is 1. The van der Waals surface area contributed by atoms with Crippen molar-refractivity contribution in [3.8, 4) is 0 Å². The van der Waals surface area contributed by atoms with Gasteiger partial charge in [-0.05, 0) is 18.1 Å². The summed E-state index contributed by atoms with van der Waals surface area (Å²) in [4.78, 5) is 15.6. The third-order valence-corrected chi connectivity index (χ3v) is 2.38. The Morgan fingerprint density at radius 2 is 2.25 bits per heavy atom. The van der Waals surface area contributed by atoms with Gasteiger partial charge in [0.2, 0.25) is 0 Å². The number of aryl methyl sites for hydroxylation is 1. The SMILES string of the molecule is CCc1ccccc1NC(=O)n1ccnc1. The van der Waals surface area contributed by atoms with Crippen LogP contribution in [0.1, 0.15) is 12.5 Å². The Morgan fingerprint density at radius 3 is 2.94 bits per heavy atom. The lowest BCUT2D eigenvalue weighted by atomic mass is 10.1. The molecule has 1 aromatic carbocycles. The lowest BCUT2D eigenvalue weighted by Gasteiger charge is -2.09. The second kappa shape index (κ2) is 4.61. The van der Waals surface area contributed by atoms with Crippen LogP contribution in [0.3, 0.4) is 0 Å². The Kier molecular flexibility index (Phi) is 3.00. The molecule has 1 amide bonds. The molecule has 0 radical (unpaired) electrons. The fourth-order valence-corrected chi connectivity index (χ4v) is 1.51. The van der Waals surface area contributed by atoms with Crippen molar-refractivity contribution in [3.05, 3.63) is 48.5 Å². The molecule has 0 spiro atoms. The molecule has 0 unspecified atom stereocenters. The normalized spacial score (nSPS) is 10.1. The van der Waals surface area contributed by atoms with Gasteiger partial charge in [-0.15, -0.1) is 0 Å². The van der Waals surface area contributed by atoms with Crippen molar-refractivity contribution < 1.29 is 4.79 Å². The molecule has 0 atom stereocenters. The topological polar surface area (TPSA) is 46.9 Å². The van der Waals surface area contributed by atoms with Crippen molar-refractivity contribution in [2.24, 2.45) is 0 Å². The second-order valence-electron chi connectivity index (χ2n) is 3.41. The predicted octanol–water partition coefficient (Wildman–Crippen LogP) is 2.53. The molecule has 16 heavy (non-hydrogen) atoms. The van der Waals surface area contributed by atoms with E-state index in [1.165, 1.54) is 10.9 Å². The summed E-state index contributed by atoms with van der Waals surface area (Å²) in [6.07, 6.45) is 5.56. The van der Waals surface area contributed by atoms with Gasteiger partial charge in [-0.25, -0.2) is 9.78 Å². The van der Waals surface area contributed by atoms with E-state index in [0.29, 0.717) is 0 Å². The number of imidazole rings is 1. The van der Waals surface area contributed by atoms with E-state index < -0.39 is 0 Å².